The minimum absolute atomic E-state index is 0.609. The number of ether oxygens (including phenoxy) is 1. The highest BCUT2D eigenvalue weighted by Crippen LogP contribution is 2.17. The van der Waals surface area contributed by atoms with E-state index in [1.165, 1.54) is 4.88 Å². The lowest BCUT2D eigenvalue weighted by Gasteiger charge is -2.07. The normalized spacial score (nSPS) is 11.1. The zero-order valence-electron chi connectivity index (χ0n) is 9.45. The van der Waals surface area contributed by atoms with E-state index in [4.69, 9.17) is 10.5 Å². The van der Waals surface area contributed by atoms with Gasteiger partial charge in [0.25, 0.3) is 0 Å². The molecule has 1 heterocycles. The molecule has 0 aliphatic rings. The number of nitrogens with one attached hydrogen (secondary N) is 1. The van der Waals surface area contributed by atoms with E-state index < -0.39 is 0 Å². The molecule has 0 spiro atoms. The van der Waals surface area contributed by atoms with Gasteiger partial charge in [-0.05, 0) is 17.4 Å². The maximum Gasteiger partial charge on any atom is 0.0591 e. The largest absolute Gasteiger partial charge is 0.398 e. The molecular formula is C11H20N2OS. The molecule has 0 bridgehead atoms. The molecule has 0 aliphatic heterocycles. The van der Waals surface area contributed by atoms with Crippen LogP contribution in [0.25, 0.3) is 0 Å². The molecule has 1 aromatic heterocycles. The third kappa shape index (κ3) is 5.16. The molecule has 0 fully saturated rings. The van der Waals surface area contributed by atoms with Crippen molar-refractivity contribution in [2.75, 3.05) is 25.5 Å². The van der Waals surface area contributed by atoms with Gasteiger partial charge in [0.1, 0.15) is 0 Å². The van der Waals surface area contributed by atoms with Gasteiger partial charge in [0, 0.05) is 30.3 Å². The van der Waals surface area contributed by atoms with Crippen molar-refractivity contribution in [3.05, 3.63) is 16.3 Å². The summed E-state index contributed by atoms with van der Waals surface area (Å²) in [6.45, 7) is 7.63. The second-order valence-corrected chi connectivity index (χ2v) is 4.95. The lowest BCUT2D eigenvalue weighted by Crippen LogP contribution is -2.20. The fourth-order valence-corrected chi connectivity index (χ4v) is 1.93. The molecule has 0 amide bonds. The number of hydrogen-bond acceptors (Lipinski definition) is 4. The zero-order chi connectivity index (χ0) is 11.1. The Kier molecular flexibility index (Phi) is 5.68. The van der Waals surface area contributed by atoms with E-state index in [9.17, 15) is 0 Å². The van der Waals surface area contributed by atoms with Crippen molar-refractivity contribution in [2.45, 2.75) is 20.4 Å². The lowest BCUT2D eigenvalue weighted by molar-refractivity contribution is 0.111. The van der Waals surface area contributed by atoms with Gasteiger partial charge in [-0.25, -0.2) is 0 Å². The fourth-order valence-electron chi connectivity index (χ4n) is 1.16. The smallest absolute Gasteiger partial charge is 0.0591 e. The average Bonchev–Trinajstić information content (AvgIpc) is 2.57. The minimum Gasteiger partial charge on any atom is -0.398 e. The van der Waals surface area contributed by atoms with Crippen LogP contribution < -0.4 is 11.1 Å². The third-order valence-electron chi connectivity index (χ3n) is 1.94. The topological polar surface area (TPSA) is 47.3 Å². The summed E-state index contributed by atoms with van der Waals surface area (Å²) in [7, 11) is 0. The maximum atomic E-state index is 5.76. The monoisotopic (exact) mass is 228 g/mol. The van der Waals surface area contributed by atoms with Gasteiger partial charge in [0.05, 0.1) is 6.61 Å². The fraction of sp³-hybridized carbons (Fsp3) is 0.636. The molecule has 3 N–H and O–H groups in total. The summed E-state index contributed by atoms with van der Waals surface area (Å²) in [4.78, 5) is 1.21. The van der Waals surface area contributed by atoms with Crippen LogP contribution in [-0.2, 0) is 11.3 Å². The van der Waals surface area contributed by atoms with Crippen LogP contribution in [0.15, 0.2) is 11.4 Å². The van der Waals surface area contributed by atoms with Crippen LogP contribution in [0.3, 0.4) is 0 Å². The molecular weight excluding hydrogens is 208 g/mol. The van der Waals surface area contributed by atoms with Crippen molar-refractivity contribution in [3.8, 4) is 0 Å². The molecule has 15 heavy (non-hydrogen) atoms. The zero-order valence-corrected chi connectivity index (χ0v) is 10.3. The van der Waals surface area contributed by atoms with Crippen molar-refractivity contribution in [3.63, 3.8) is 0 Å². The van der Waals surface area contributed by atoms with Crippen molar-refractivity contribution >= 4 is 17.0 Å². The van der Waals surface area contributed by atoms with Gasteiger partial charge in [0.2, 0.25) is 0 Å². The first-order valence-corrected chi connectivity index (χ1v) is 6.18. The average molecular weight is 228 g/mol. The first-order valence-electron chi connectivity index (χ1n) is 5.30. The molecule has 0 saturated heterocycles. The highest BCUT2D eigenvalue weighted by Gasteiger charge is 1.99. The summed E-state index contributed by atoms with van der Waals surface area (Å²) in [5.74, 6) is 0.609. The van der Waals surface area contributed by atoms with E-state index in [-0.39, 0.29) is 0 Å². The summed E-state index contributed by atoms with van der Waals surface area (Å²) in [6, 6.07) is 1.94. The lowest BCUT2D eigenvalue weighted by atomic mass is 10.2. The molecule has 0 saturated carbocycles. The van der Waals surface area contributed by atoms with E-state index in [1.54, 1.807) is 11.3 Å². The Labute approximate surface area is 95.6 Å². The van der Waals surface area contributed by atoms with E-state index >= 15 is 0 Å². The van der Waals surface area contributed by atoms with Crippen LogP contribution in [0.4, 0.5) is 5.69 Å². The molecule has 0 aliphatic carbocycles. The number of rotatable bonds is 7. The molecule has 0 radical (unpaired) electrons. The first-order chi connectivity index (χ1) is 7.20. The van der Waals surface area contributed by atoms with Gasteiger partial charge in [-0.1, -0.05) is 13.8 Å². The predicted octanol–water partition coefficient (Wildman–Crippen LogP) is 2.09. The van der Waals surface area contributed by atoms with E-state index in [1.807, 2.05) is 11.4 Å². The summed E-state index contributed by atoms with van der Waals surface area (Å²) >= 11 is 1.69. The van der Waals surface area contributed by atoms with Gasteiger partial charge < -0.3 is 15.8 Å². The molecule has 0 unspecified atom stereocenters. The third-order valence-corrected chi connectivity index (χ3v) is 2.88. The van der Waals surface area contributed by atoms with Gasteiger partial charge in [-0.3, -0.25) is 0 Å². The standard InChI is InChI=1S/C11H20N2OS/c1-9(2)8-14-5-4-13-7-11-10(12)3-6-15-11/h3,6,9,13H,4-5,7-8,12H2,1-2H3. The Bertz CT molecular complexity index is 273. The van der Waals surface area contributed by atoms with Crippen molar-refractivity contribution < 1.29 is 4.74 Å². The Morgan fingerprint density at radius 3 is 2.93 bits per heavy atom. The molecule has 1 rings (SSSR count). The number of thiophene rings is 1. The highest BCUT2D eigenvalue weighted by atomic mass is 32.1. The van der Waals surface area contributed by atoms with Crippen LogP contribution in [0.5, 0.6) is 0 Å². The molecule has 3 nitrogen and oxygen atoms in total. The van der Waals surface area contributed by atoms with Crippen molar-refractivity contribution in [1.82, 2.24) is 5.32 Å². The Balaban J connectivity index is 2.00. The van der Waals surface area contributed by atoms with Crippen LogP contribution in [0, 0.1) is 5.92 Å². The van der Waals surface area contributed by atoms with E-state index in [2.05, 4.69) is 19.2 Å². The number of anilines is 1. The molecule has 0 aromatic carbocycles. The quantitative estimate of drug-likeness (QED) is 0.703. The van der Waals surface area contributed by atoms with Gasteiger partial charge in [-0.15, -0.1) is 11.3 Å². The van der Waals surface area contributed by atoms with Crippen LogP contribution in [0.1, 0.15) is 18.7 Å². The molecule has 86 valence electrons. The highest BCUT2D eigenvalue weighted by molar-refractivity contribution is 7.10. The second kappa shape index (κ2) is 6.82. The number of nitrogen functional groups attached to an aromatic ring is 1. The van der Waals surface area contributed by atoms with Gasteiger partial charge in [0.15, 0.2) is 0 Å². The molecule has 0 atom stereocenters. The van der Waals surface area contributed by atoms with Gasteiger partial charge in [-0.2, -0.15) is 0 Å². The van der Waals surface area contributed by atoms with Crippen molar-refractivity contribution in [1.29, 1.82) is 0 Å². The maximum absolute atomic E-state index is 5.76. The SMILES string of the molecule is CC(C)COCCNCc1sccc1N. The van der Waals surface area contributed by atoms with E-state index in [0.717, 1.165) is 32.0 Å². The number of hydrogen-bond donors (Lipinski definition) is 2. The summed E-state index contributed by atoms with van der Waals surface area (Å²) in [6.07, 6.45) is 0. The number of nitrogens with two attached hydrogens (primary N) is 1. The minimum atomic E-state index is 0.609. The summed E-state index contributed by atoms with van der Waals surface area (Å²) in [5, 5.41) is 5.32. The molecule has 4 heteroatoms. The van der Waals surface area contributed by atoms with Crippen LogP contribution >= 0.6 is 11.3 Å². The first kappa shape index (κ1) is 12.5. The Hall–Kier alpha value is -0.580. The molecule has 1 aromatic rings. The summed E-state index contributed by atoms with van der Waals surface area (Å²) in [5.41, 5.74) is 6.65. The van der Waals surface area contributed by atoms with E-state index in [0.29, 0.717) is 5.92 Å². The summed E-state index contributed by atoms with van der Waals surface area (Å²) < 4.78 is 5.45. The van der Waals surface area contributed by atoms with Gasteiger partial charge >= 0.3 is 0 Å². The predicted molar refractivity (Wildman–Crippen MR) is 66.1 cm³/mol. The Morgan fingerprint density at radius 2 is 2.33 bits per heavy atom. The Morgan fingerprint density at radius 1 is 1.53 bits per heavy atom. The van der Waals surface area contributed by atoms with Crippen LogP contribution in [-0.4, -0.2) is 19.8 Å². The van der Waals surface area contributed by atoms with Crippen molar-refractivity contribution in [2.24, 2.45) is 5.92 Å². The van der Waals surface area contributed by atoms with Crippen LogP contribution in [0.2, 0.25) is 0 Å². The second-order valence-electron chi connectivity index (χ2n) is 3.94.